The SMILES string of the molecule is Cc1ccsc1C(C(C)N)N1CCSCC1. The van der Waals surface area contributed by atoms with Gasteiger partial charge in [-0.1, -0.05) is 0 Å². The van der Waals surface area contributed by atoms with Crippen LogP contribution < -0.4 is 5.73 Å². The molecule has 0 radical (unpaired) electrons. The predicted molar refractivity (Wildman–Crippen MR) is 74.3 cm³/mol. The third-order valence-corrected chi connectivity index (χ3v) is 5.14. The highest BCUT2D eigenvalue weighted by atomic mass is 32.2. The normalized spacial score (nSPS) is 21.9. The third kappa shape index (κ3) is 2.62. The topological polar surface area (TPSA) is 29.3 Å². The first-order valence-electron chi connectivity index (χ1n) is 5.81. The lowest BCUT2D eigenvalue weighted by Gasteiger charge is -2.36. The summed E-state index contributed by atoms with van der Waals surface area (Å²) in [6.45, 7) is 6.67. The van der Waals surface area contributed by atoms with Crippen LogP contribution >= 0.6 is 23.1 Å². The molecule has 90 valence electrons. The maximum Gasteiger partial charge on any atom is 0.0593 e. The molecule has 0 aliphatic carbocycles. The Balaban J connectivity index is 2.19. The highest BCUT2D eigenvalue weighted by Crippen LogP contribution is 2.32. The van der Waals surface area contributed by atoms with E-state index in [2.05, 4.69) is 42.0 Å². The third-order valence-electron chi connectivity index (χ3n) is 3.11. The maximum atomic E-state index is 6.19. The highest BCUT2D eigenvalue weighted by Gasteiger charge is 2.27. The molecule has 1 aliphatic heterocycles. The van der Waals surface area contributed by atoms with E-state index in [-0.39, 0.29) is 6.04 Å². The lowest BCUT2D eigenvalue weighted by Crippen LogP contribution is -2.43. The Hall–Kier alpha value is -0.0300. The van der Waals surface area contributed by atoms with E-state index in [0.29, 0.717) is 6.04 Å². The lowest BCUT2D eigenvalue weighted by atomic mass is 10.0. The van der Waals surface area contributed by atoms with Crippen molar-refractivity contribution in [2.24, 2.45) is 5.73 Å². The van der Waals surface area contributed by atoms with Gasteiger partial charge < -0.3 is 5.73 Å². The van der Waals surface area contributed by atoms with Gasteiger partial charge in [-0.3, -0.25) is 4.90 Å². The van der Waals surface area contributed by atoms with Crippen LogP contribution in [0.4, 0.5) is 0 Å². The van der Waals surface area contributed by atoms with Gasteiger partial charge in [-0.2, -0.15) is 11.8 Å². The van der Waals surface area contributed by atoms with E-state index in [1.54, 1.807) is 0 Å². The second kappa shape index (κ2) is 5.54. The standard InChI is InChI=1S/C12H20N2S2/c1-9-3-6-16-12(9)11(10(2)13)14-4-7-15-8-5-14/h3,6,10-11H,4-5,7-8,13H2,1-2H3. The molecule has 2 heterocycles. The molecule has 0 bridgehead atoms. The zero-order valence-corrected chi connectivity index (χ0v) is 11.6. The zero-order valence-electron chi connectivity index (χ0n) is 9.98. The second-order valence-electron chi connectivity index (χ2n) is 4.42. The minimum Gasteiger partial charge on any atom is -0.326 e. The molecule has 2 rings (SSSR count). The van der Waals surface area contributed by atoms with E-state index in [0.717, 1.165) is 0 Å². The van der Waals surface area contributed by atoms with Crippen molar-refractivity contribution in [3.05, 3.63) is 21.9 Å². The molecule has 2 N–H and O–H groups in total. The fraction of sp³-hybridized carbons (Fsp3) is 0.667. The number of aryl methyl sites for hydroxylation is 1. The van der Waals surface area contributed by atoms with E-state index in [4.69, 9.17) is 5.73 Å². The molecular formula is C12H20N2S2. The second-order valence-corrected chi connectivity index (χ2v) is 6.59. The van der Waals surface area contributed by atoms with Crippen LogP contribution in [0.15, 0.2) is 11.4 Å². The summed E-state index contributed by atoms with van der Waals surface area (Å²) in [4.78, 5) is 4.02. The molecule has 1 aromatic heterocycles. The first kappa shape index (κ1) is 12.4. The van der Waals surface area contributed by atoms with Crippen LogP contribution in [0.5, 0.6) is 0 Å². The van der Waals surface area contributed by atoms with Crippen LogP contribution in [0.1, 0.15) is 23.4 Å². The van der Waals surface area contributed by atoms with Crippen LogP contribution in [-0.4, -0.2) is 35.5 Å². The molecule has 0 saturated carbocycles. The molecule has 1 fully saturated rings. The maximum absolute atomic E-state index is 6.19. The Morgan fingerprint density at radius 1 is 1.38 bits per heavy atom. The largest absolute Gasteiger partial charge is 0.326 e. The van der Waals surface area contributed by atoms with Gasteiger partial charge in [0.05, 0.1) is 6.04 Å². The summed E-state index contributed by atoms with van der Waals surface area (Å²) in [5, 5.41) is 2.18. The van der Waals surface area contributed by atoms with Crippen molar-refractivity contribution in [1.82, 2.24) is 4.90 Å². The van der Waals surface area contributed by atoms with Gasteiger partial charge in [0.1, 0.15) is 0 Å². The van der Waals surface area contributed by atoms with Crippen LogP contribution in [0, 0.1) is 6.92 Å². The minimum atomic E-state index is 0.209. The molecule has 2 nitrogen and oxygen atoms in total. The predicted octanol–water partition coefficient (Wildman–Crippen LogP) is 2.49. The Kier molecular flexibility index (Phi) is 4.30. The van der Waals surface area contributed by atoms with Crippen LogP contribution in [-0.2, 0) is 0 Å². The summed E-state index contributed by atoms with van der Waals surface area (Å²) in [6.07, 6.45) is 0. The van der Waals surface area contributed by atoms with E-state index < -0.39 is 0 Å². The average molecular weight is 256 g/mol. The summed E-state index contributed by atoms with van der Waals surface area (Å²) in [5.41, 5.74) is 7.58. The van der Waals surface area contributed by atoms with Crippen molar-refractivity contribution in [1.29, 1.82) is 0 Å². The number of hydrogen-bond donors (Lipinski definition) is 1. The van der Waals surface area contributed by atoms with Crippen molar-refractivity contribution in [2.45, 2.75) is 25.9 Å². The van der Waals surface area contributed by atoms with Crippen LogP contribution in [0.2, 0.25) is 0 Å². The number of thioether (sulfide) groups is 1. The smallest absolute Gasteiger partial charge is 0.0593 e. The summed E-state index contributed by atoms with van der Waals surface area (Å²) >= 11 is 3.90. The van der Waals surface area contributed by atoms with Gasteiger partial charge in [0.2, 0.25) is 0 Å². The molecule has 0 amide bonds. The van der Waals surface area contributed by atoms with Crippen molar-refractivity contribution < 1.29 is 0 Å². The zero-order chi connectivity index (χ0) is 11.5. The van der Waals surface area contributed by atoms with Gasteiger partial charge >= 0.3 is 0 Å². The number of hydrogen-bond acceptors (Lipinski definition) is 4. The Morgan fingerprint density at radius 3 is 2.56 bits per heavy atom. The highest BCUT2D eigenvalue weighted by molar-refractivity contribution is 7.99. The summed E-state index contributed by atoms with van der Waals surface area (Å²) in [5.74, 6) is 2.49. The lowest BCUT2D eigenvalue weighted by molar-refractivity contribution is 0.197. The summed E-state index contributed by atoms with van der Waals surface area (Å²) in [6, 6.07) is 2.83. The van der Waals surface area contributed by atoms with Crippen molar-refractivity contribution in [3.8, 4) is 0 Å². The fourth-order valence-corrected chi connectivity index (χ4v) is 4.39. The quantitative estimate of drug-likeness (QED) is 0.901. The molecule has 0 aromatic carbocycles. The van der Waals surface area contributed by atoms with E-state index in [1.165, 1.54) is 35.0 Å². The molecule has 16 heavy (non-hydrogen) atoms. The first-order chi connectivity index (χ1) is 7.70. The number of nitrogens with two attached hydrogens (primary N) is 1. The Labute approximate surface area is 106 Å². The minimum absolute atomic E-state index is 0.209. The van der Waals surface area contributed by atoms with Crippen LogP contribution in [0.3, 0.4) is 0 Å². The fourth-order valence-electron chi connectivity index (χ4n) is 2.28. The van der Waals surface area contributed by atoms with Gasteiger partial charge in [0, 0.05) is 35.5 Å². The van der Waals surface area contributed by atoms with Gasteiger partial charge in [0.15, 0.2) is 0 Å². The summed E-state index contributed by atoms with van der Waals surface area (Å²) < 4.78 is 0. The average Bonchev–Trinajstić information content (AvgIpc) is 2.66. The summed E-state index contributed by atoms with van der Waals surface area (Å²) in [7, 11) is 0. The van der Waals surface area contributed by atoms with Gasteiger partial charge in [0.25, 0.3) is 0 Å². The van der Waals surface area contributed by atoms with Gasteiger partial charge in [-0.25, -0.2) is 0 Å². The van der Waals surface area contributed by atoms with Crippen LogP contribution in [0.25, 0.3) is 0 Å². The van der Waals surface area contributed by atoms with E-state index >= 15 is 0 Å². The Bertz CT molecular complexity index is 330. The Morgan fingerprint density at radius 2 is 2.06 bits per heavy atom. The van der Waals surface area contributed by atoms with E-state index in [1.807, 2.05) is 11.3 Å². The first-order valence-corrected chi connectivity index (χ1v) is 7.85. The molecule has 1 saturated heterocycles. The van der Waals surface area contributed by atoms with Gasteiger partial charge in [-0.15, -0.1) is 11.3 Å². The molecule has 2 unspecified atom stereocenters. The van der Waals surface area contributed by atoms with Crippen molar-refractivity contribution >= 4 is 23.1 Å². The molecule has 1 aliphatic rings. The number of rotatable bonds is 3. The molecule has 4 heteroatoms. The monoisotopic (exact) mass is 256 g/mol. The van der Waals surface area contributed by atoms with E-state index in [9.17, 15) is 0 Å². The van der Waals surface area contributed by atoms with Crippen molar-refractivity contribution in [3.63, 3.8) is 0 Å². The number of thiophene rings is 1. The molecule has 1 aromatic rings. The number of nitrogens with zero attached hydrogens (tertiary/aromatic N) is 1. The van der Waals surface area contributed by atoms with Crippen molar-refractivity contribution in [2.75, 3.05) is 24.6 Å². The molecular weight excluding hydrogens is 236 g/mol. The molecule has 2 atom stereocenters. The molecule has 0 spiro atoms. The van der Waals surface area contributed by atoms with Gasteiger partial charge in [-0.05, 0) is 30.9 Å².